The number of aryl methyl sites for hydroxylation is 1. The molecule has 2 aliphatic rings. The second-order valence-corrected chi connectivity index (χ2v) is 8.41. The van der Waals surface area contributed by atoms with E-state index in [9.17, 15) is 4.79 Å². The van der Waals surface area contributed by atoms with Crippen LogP contribution in [0.3, 0.4) is 0 Å². The molecule has 0 spiro atoms. The fourth-order valence-electron chi connectivity index (χ4n) is 4.05. The first-order valence-electron chi connectivity index (χ1n) is 8.67. The zero-order valence-corrected chi connectivity index (χ0v) is 15.3. The minimum atomic E-state index is 0.183. The van der Waals surface area contributed by atoms with Crippen LogP contribution in [0.4, 0.5) is 0 Å². The van der Waals surface area contributed by atoms with Gasteiger partial charge in [-0.2, -0.15) is 0 Å². The molecule has 0 N–H and O–H groups in total. The molecule has 2 aromatic rings. The van der Waals surface area contributed by atoms with Crippen molar-refractivity contribution in [2.75, 3.05) is 13.1 Å². The van der Waals surface area contributed by atoms with Gasteiger partial charge in [-0.3, -0.25) is 4.79 Å². The van der Waals surface area contributed by atoms with Crippen molar-refractivity contribution >= 4 is 17.2 Å². The maximum absolute atomic E-state index is 13.0. The highest BCUT2D eigenvalue weighted by Crippen LogP contribution is 2.44. The van der Waals surface area contributed by atoms with Crippen molar-refractivity contribution < 1.29 is 9.53 Å². The van der Waals surface area contributed by atoms with Crippen molar-refractivity contribution in [3.8, 4) is 16.2 Å². The van der Waals surface area contributed by atoms with Gasteiger partial charge in [-0.05, 0) is 42.9 Å². The van der Waals surface area contributed by atoms with Crippen LogP contribution in [-0.2, 0) is 6.61 Å². The van der Waals surface area contributed by atoms with Gasteiger partial charge in [0.2, 0.25) is 0 Å². The number of amides is 1. The van der Waals surface area contributed by atoms with Crippen LogP contribution in [0.15, 0.2) is 24.3 Å². The van der Waals surface area contributed by atoms with E-state index in [4.69, 9.17) is 4.74 Å². The fourth-order valence-corrected chi connectivity index (χ4v) is 5.30. The molecular formula is C20H23NO2S. The average molecular weight is 341 g/mol. The summed E-state index contributed by atoms with van der Waals surface area (Å²) in [7, 11) is 0. The van der Waals surface area contributed by atoms with Crippen LogP contribution in [0.2, 0.25) is 0 Å². The Kier molecular flexibility index (Phi) is 3.87. The highest BCUT2D eigenvalue weighted by molar-refractivity contribution is 7.17. The Balaban J connectivity index is 1.68. The summed E-state index contributed by atoms with van der Waals surface area (Å²) in [6.07, 6.45) is 1.21. The third-order valence-electron chi connectivity index (χ3n) is 5.02. The molecule has 4 heteroatoms. The Labute approximate surface area is 147 Å². The Hall–Kier alpha value is -1.81. The number of hydrogen-bond acceptors (Lipinski definition) is 3. The highest BCUT2D eigenvalue weighted by atomic mass is 32.1. The van der Waals surface area contributed by atoms with E-state index < -0.39 is 0 Å². The Bertz CT molecular complexity index is 785. The van der Waals surface area contributed by atoms with Crippen LogP contribution >= 0.6 is 11.3 Å². The largest absolute Gasteiger partial charge is 0.488 e. The Morgan fingerprint density at radius 3 is 2.75 bits per heavy atom. The normalized spacial score (nSPS) is 22.5. The molecule has 126 valence electrons. The summed E-state index contributed by atoms with van der Waals surface area (Å²) < 4.78 is 5.89. The molecule has 1 amide bonds. The number of piperidine rings is 1. The van der Waals surface area contributed by atoms with Crippen LogP contribution in [0.1, 0.15) is 41.1 Å². The first-order chi connectivity index (χ1) is 11.5. The summed E-state index contributed by atoms with van der Waals surface area (Å²) >= 11 is 1.63. The van der Waals surface area contributed by atoms with E-state index in [0.717, 1.165) is 34.8 Å². The molecule has 0 saturated carbocycles. The molecule has 2 atom stereocenters. The number of thiophene rings is 1. The van der Waals surface area contributed by atoms with E-state index >= 15 is 0 Å². The third-order valence-corrected chi connectivity index (χ3v) is 6.20. The minimum Gasteiger partial charge on any atom is -0.488 e. The molecule has 0 bridgehead atoms. The number of carbonyl (C=O) groups excluding carboxylic acids is 1. The summed E-state index contributed by atoms with van der Waals surface area (Å²) in [5, 5.41) is 0. The lowest BCUT2D eigenvalue weighted by molar-refractivity contribution is 0.0628. The van der Waals surface area contributed by atoms with Crippen molar-refractivity contribution in [3.63, 3.8) is 0 Å². The molecule has 1 aromatic heterocycles. The molecular weight excluding hydrogens is 318 g/mol. The van der Waals surface area contributed by atoms with Crippen LogP contribution in [0.5, 0.6) is 5.75 Å². The molecule has 0 radical (unpaired) electrons. The Morgan fingerprint density at radius 2 is 2.00 bits per heavy atom. The molecule has 0 aliphatic carbocycles. The molecule has 1 fully saturated rings. The third kappa shape index (κ3) is 2.63. The summed E-state index contributed by atoms with van der Waals surface area (Å²) in [6.45, 7) is 8.89. The maximum Gasteiger partial charge on any atom is 0.263 e. The van der Waals surface area contributed by atoms with E-state index in [-0.39, 0.29) is 5.91 Å². The highest BCUT2D eigenvalue weighted by Gasteiger charge is 2.29. The zero-order chi connectivity index (χ0) is 16.8. The second-order valence-electron chi connectivity index (χ2n) is 7.36. The van der Waals surface area contributed by atoms with Gasteiger partial charge < -0.3 is 9.64 Å². The number of fused-ring (bicyclic) bond motifs is 3. The molecule has 2 aliphatic heterocycles. The van der Waals surface area contributed by atoms with Gasteiger partial charge in [0.1, 0.15) is 12.4 Å². The standard InChI is InChI=1S/C20H23NO2S/c1-12-7-13(2)10-21(9-12)20(22)17-8-15-11-23-16-6-4-5-14(3)18(16)19(15)24-17/h4-6,8,12-13H,7,9-11H2,1-3H3. The van der Waals surface area contributed by atoms with E-state index in [0.29, 0.717) is 18.4 Å². The number of likely N-dealkylation sites (tertiary alicyclic amines) is 1. The molecule has 3 heterocycles. The van der Waals surface area contributed by atoms with Crippen molar-refractivity contribution in [2.45, 2.75) is 33.8 Å². The number of ether oxygens (including phenoxy) is 1. The molecule has 3 nitrogen and oxygen atoms in total. The van der Waals surface area contributed by atoms with Gasteiger partial charge in [0.05, 0.1) is 4.88 Å². The van der Waals surface area contributed by atoms with Crippen LogP contribution < -0.4 is 4.74 Å². The molecule has 24 heavy (non-hydrogen) atoms. The molecule has 1 aromatic carbocycles. The predicted octanol–water partition coefficient (Wildman–Crippen LogP) is 4.73. The number of hydrogen-bond donors (Lipinski definition) is 0. The molecule has 2 unspecified atom stereocenters. The van der Waals surface area contributed by atoms with Crippen molar-refractivity contribution in [3.05, 3.63) is 40.3 Å². The predicted molar refractivity (Wildman–Crippen MR) is 97.7 cm³/mol. The first kappa shape index (κ1) is 15.7. The Morgan fingerprint density at radius 1 is 1.25 bits per heavy atom. The number of nitrogens with zero attached hydrogens (tertiary/aromatic N) is 1. The summed E-state index contributed by atoms with van der Waals surface area (Å²) in [4.78, 5) is 17.1. The zero-order valence-electron chi connectivity index (χ0n) is 14.5. The number of rotatable bonds is 1. The smallest absolute Gasteiger partial charge is 0.263 e. The van der Waals surface area contributed by atoms with Gasteiger partial charge in [-0.15, -0.1) is 11.3 Å². The lowest BCUT2D eigenvalue weighted by Gasteiger charge is -2.34. The van der Waals surface area contributed by atoms with Crippen LogP contribution in [0.25, 0.3) is 10.4 Å². The number of carbonyl (C=O) groups is 1. The van der Waals surface area contributed by atoms with Gasteiger partial charge in [0.25, 0.3) is 5.91 Å². The number of benzene rings is 1. The fraction of sp³-hybridized carbons (Fsp3) is 0.450. The monoisotopic (exact) mass is 341 g/mol. The maximum atomic E-state index is 13.0. The topological polar surface area (TPSA) is 29.5 Å². The quantitative estimate of drug-likeness (QED) is 0.750. The summed E-state index contributed by atoms with van der Waals surface area (Å²) in [5.41, 5.74) is 3.50. The van der Waals surface area contributed by atoms with Gasteiger partial charge in [-0.1, -0.05) is 26.0 Å². The van der Waals surface area contributed by atoms with Gasteiger partial charge >= 0.3 is 0 Å². The second kappa shape index (κ2) is 5.92. The van der Waals surface area contributed by atoms with Crippen molar-refractivity contribution in [2.24, 2.45) is 11.8 Å². The van der Waals surface area contributed by atoms with Crippen molar-refractivity contribution in [1.82, 2.24) is 4.90 Å². The molecule has 1 saturated heterocycles. The van der Waals surface area contributed by atoms with E-state index in [1.807, 2.05) is 23.1 Å². The lowest BCUT2D eigenvalue weighted by atomic mass is 9.92. The minimum absolute atomic E-state index is 0.183. The van der Waals surface area contributed by atoms with Crippen LogP contribution in [-0.4, -0.2) is 23.9 Å². The van der Waals surface area contributed by atoms with E-state index in [1.54, 1.807) is 11.3 Å². The molecule has 4 rings (SSSR count). The van der Waals surface area contributed by atoms with Gasteiger partial charge in [0, 0.05) is 29.1 Å². The summed E-state index contributed by atoms with van der Waals surface area (Å²) in [5.74, 6) is 2.28. The van der Waals surface area contributed by atoms with E-state index in [2.05, 4.69) is 26.8 Å². The average Bonchev–Trinajstić information content (AvgIpc) is 2.97. The van der Waals surface area contributed by atoms with Crippen molar-refractivity contribution in [1.29, 1.82) is 0 Å². The summed E-state index contributed by atoms with van der Waals surface area (Å²) in [6, 6.07) is 8.18. The first-order valence-corrected chi connectivity index (χ1v) is 9.49. The SMILES string of the molecule is Cc1cccc2c1-c1sc(C(=O)N3CC(C)CC(C)C3)cc1CO2. The van der Waals surface area contributed by atoms with Crippen LogP contribution in [0, 0.1) is 18.8 Å². The lowest BCUT2D eigenvalue weighted by Crippen LogP contribution is -2.42. The van der Waals surface area contributed by atoms with E-state index in [1.165, 1.54) is 16.9 Å². The van der Waals surface area contributed by atoms with Gasteiger partial charge in [0.15, 0.2) is 0 Å². The van der Waals surface area contributed by atoms with Gasteiger partial charge in [-0.25, -0.2) is 0 Å².